The minimum Gasteiger partial charge on any atom is -0.475 e. The molecular formula is C8H10O4. The Morgan fingerprint density at radius 2 is 1.83 bits per heavy atom. The number of carbonyl (C=O) groups excluding carboxylic acids is 2. The predicted octanol–water partition coefficient (Wildman–Crippen LogP) is 0.399. The largest absolute Gasteiger partial charge is 0.475 e. The van der Waals surface area contributed by atoms with Gasteiger partial charge in [-0.25, -0.2) is 4.79 Å². The van der Waals surface area contributed by atoms with Gasteiger partial charge in [-0.15, -0.1) is 0 Å². The molecule has 1 fully saturated rings. The second-order valence-electron chi connectivity index (χ2n) is 3.39. The Kier molecular flexibility index (Phi) is 2.00. The van der Waals surface area contributed by atoms with Gasteiger partial charge in [-0.2, -0.15) is 0 Å². The lowest BCUT2D eigenvalue weighted by Gasteiger charge is -2.03. The number of hydrogen-bond acceptors (Lipinski definition) is 3. The number of carboxylic acid groups (broad SMARTS) is 1. The third-order valence-corrected chi connectivity index (χ3v) is 2.23. The van der Waals surface area contributed by atoms with Gasteiger partial charge in [0.05, 0.1) is 6.42 Å². The Balaban J connectivity index is 2.47. The molecule has 0 aromatic carbocycles. The van der Waals surface area contributed by atoms with E-state index in [4.69, 9.17) is 5.11 Å². The summed E-state index contributed by atoms with van der Waals surface area (Å²) in [4.78, 5) is 31.8. The van der Waals surface area contributed by atoms with Crippen molar-refractivity contribution in [2.45, 2.75) is 26.2 Å². The fraction of sp³-hybridized carbons (Fsp3) is 0.625. The zero-order valence-corrected chi connectivity index (χ0v) is 6.79. The van der Waals surface area contributed by atoms with Crippen LogP contribution in [0.5, 0.6) is 0 Å². The van der Waals surface area contributed by atoms with E-state index >= 15 is 0 Å². The molecule has 66 valence electrons. The molecule has 1 aliphatic carbocycles. The smallest absolute Gasteiger partial charge is 0.372 e. The molecule has 0 aromatic heterocycles. The Morgan fingerprint density at radius 3 is 2.17 bits per heavy atom. The van der Waals surface area contributed by atoms with Gasteiger partial charge >= 0.3 is 5.97 Å². The molecular weight excluding hydrogens is 160 g/mol. The van der Waals surface area contributed by atoms with Crippen LogP contribution in [-0.4, -0.2) is 22.6 Å². The molecule has 0 heterocycles. The van der Waals surface area contributed by atoms with Crippen LogP contribution in [0, 0.1) is 5.41 Å². The first kappa shape index (κ1) is 8.90. The van der Waals surface area contributed by atoms with E-state index < -0.39 is 23.6 Å². The summed E-state index contributed by atoms with van der Waals surface area (Å²) in [5, 5.41) is 8.22. The lowest BCUT2D eigenvalue weighted by molar-refractivity contribution is -0.150. The molecule has 4 heteroatoms. The molecule has 0 spiro atoms. The summed E-state index contributed by atoms with van der Waals surface area (Å²) < 4.78 is 0. The third-order valence-electron chi connectivity index (χ3n) is 2.23. The van der Waals surface area contributed by atoms with Gasteiger partial charge in [0.25, 0.3) is 0 Å². The molecule has 0 saturated heterocycles. The first-order valence-corrected chi connectivity index (χ1v) is 3.75. The molecule has 0 aromatic rings. The van der Waals surface area contributed by atoms with Gasteiger partial charge < -0.3 is 5.11 Å². The van der Waals surface area contributed by atoms with Crippen molar-refractivity contribution in [3.63, 3.8) is 0 Å². The van der Waals surface area contributed by atoms with Gasteiger partial charge in [-0.1, -0.05) is 6.92 Å². The topological polar surface area (TPSA) is 71.4 Å². The zero-order chi connectivity index (χ0) is 9.35. The van der Waals surface area contributed by atoms with Crippen LogP contribution in [0.2, 0.25) is 0 Å². The minimum absolute atomic E-state index is 0.241. The van der Waals surface area contributed by atoms with Gasteiger partial charge in [-0.05, 0) is 12.8 Å². The van der Waals surface area contributed by atoms with Gasteiger partial charge in [0.2, 0.25) is 5.78 Å². The molecule has 0 unspecified atom stereocenters. The fourth-order valence-electron chi connectivity index (χ4n) is 0.901. The summed E-state index contributed by atoms with van der Waals surface area (Å²) in [7, 11) is 0. The highest BCUT2D eigenvalue weighted by molar-refractivity contribution is 6.36. The Hall–Kier alpha value is -1.19. The predicted molar refractivity (Wildman–Crippen MR) is 39.6 cm³/mol. The number of ketones is 2. The summed E-state index contributed by atoms with van der Waals surface area (Å²) >= 11 is 0. The average Bonchev–Trinajstić information content (AvgIpc) is 2.69. The number of carboxylic acids is 1. The molecule has 1 saturated carbocycles. The molecule has 0 bridgehead atoms. The van der Waals surface area contributed by atoms with E-state index in [-0.39, 0.29) is 5.78 Å². The standard InChI is InChI=1S/C8H10O4/c1-8(2-3-8)6(10)4-5(9)7(11)12/h2-4H2,1H3,(H,11,12). The van der Waals surface area contributed by atoms with E-state index in [0.717, 1.165) is 12.8 Å². The van der Waals surface area contributed by atoms with E-state index in [0.29, 0.717) is 0 Å². The van der Waals surface area contributed by atoms with Crippen LogP contribution in [0.1, 0.15) is 26.2 Å². The highest BCUT2D eigenvalue weighted by atomic mass is 16.4. The number of hydrogen-bond donors (Lipinski definition) is 1. The summed E-state index contributed by atoms with van der Waals surface area (Å²) in [6.45, 7) is 1.75. The first-order chi connectivity index (χ1) is 5.46. The number of aliphatic carboxylic acids is 1. The summed E-state index contributed by atoms with van der Waals surface area (Å²) in [6.07, 6.45) is 1.10. The minimum atomic E-state index is -1.52. The molecule has 1 rings (SSSR count). The number of carbonyl (C=O) groups is 3. The SMILES string of the molecule is CC1(C(=O)CC(=O)C(=O)O)CC1. The summed E-state index contributed by atoms with van der Waals surface area (Å²) in [6, 6.07) is 0. The van der Waals surface area contributed by atoms with Crippen LogP contribution in [0.3, 0.4) is 0 Å². The lowest BCUT2D eigenvalue weighted by atomic mass is 9.99. The molecule has 0 radical (unpaired) electrons. The third kappa shape index (κ3) is 1.69. The monoisotopic (exact) mass is 170 g/mol. The molecule has 12 heavy (non-hydrogen) atoms. The van der Waals surface area contributed by atoms with Gasteiger partial charge in [0.15, 0.2) is 0 Å². The van der Waals surface area contributed by atoms with Gasteiger partial charge in [-0.3, -0.25) is 9.59 Å². The van der Waals surface area contributed by atoms with E-state index in [1.165, 1.54) is 0 Å². The van der Waals surface area contributed by atoms with Crippen LogP contribution in [0.25, 0.3) is 0 Å². The Labute approximate surface area is 69.6 Å². The van der Waals surface area contributed by atoms with Crippen molar-refractivity contribution in [3.8, 4) is 0 Å². The Bertz CT molecular complexity index is 250. The Morgan fingerprint density at radius 1 is 1.33 bits per heavy atom. The molecule has 1 aliphatic rings. The average molecular weight is 170 g/mol. The van der Waals surface area contributed by atoms with E-state index in [1.807, 2.05) is 0 Å². The van der Waals surface area contributed by atoms with Crippen molar-refractivity contribution >= 4 is 17.5 Å². The maximum atomic E-state index is 11.2. The molecule has 1 N–H and O–H groups in total. The maximum Gasteiger partial charge on any atom is 0.372 e. The van der Waals surface area contributed by atoms with Crippen LogP contribution in [-0.2, 0) is 14.4 Å². The molecule has 0 atom stereocenters. The van der Waals surface area contributed by atoms with Crippen LogP contribution in [0.4, 0.5) is 0 Å². The van der Waals surface area contributed by atoms with E-state index in [2.05, 4.69) is 0 Å². The highest BCUT2D eigenvalue weighted by Gasteiger charge is 2.45. The van der Waals surface area contributed by atoms with E-state index in [1.54, 1.807) is 6.92 Å². The maximum absolute atomic E-state index is 11.2. The first-order valence-electron chi connectivity index (χ1n) is 3.75. The van der Waals surface area contributed by atoms with Crippen molar-refractivity contribution in [1.29, 1.82) is 0 Å². The number of Topliss-reactive ketones (excluding diaryl/α,β-unsaturated/α-hetero) is 2. The van der Waals surface area contributed by atoms with Crippen molar-refractivity contribution in [2.75, 3.05) is 0 Å². The summed E-state index contributed by atoms with van der Waals surface area (Å²) in [5.74, 6) is -2.77. The molecule has 0 aliphatic heterocycles. The van der Waals surface area contributed by atoms with Crippen molar-refractivity contribution in [2.24, 2.45) is 5.41 Å². The summed E-state index contributed by atoms with van der Waals surface area (Å²) in [5.41, 5.74) is -0.398. The molecule has 4 nitrogen and oxygen atoms in total. The normalized spacial score (nSPS) is 18.4. The second-order valence-corrected chi connectivity index (χ2v) is 3.39. The van der Waals surface area contributed by atoms with Crippen molar-refractivity contribution in [1.82, 2.24) is 0 Å². The lowest BCUT2D eigenvalue weighted by Crippen LogP contribution is -2.21. The van der Waals surface area contributed by atoms with Crippen molar-refractivity contribution < 1.29 is 19.5 Å². The van der Waals surface area contributed by atoms with Crippen molar-refractivity contribution in [3.05, 3.63) is 0 Å². The quantitative estimate of drug-likeness (QED) is 0.489. The van der Waals surface area contributed by atoms with E-state index in [9.17, 15) is 14.4 Å². The zero-order valence-electron chi connectivity index (χ0n) is 6.79. The van der Waals surface area contributed by atoms with Crippen LogP contribution in [0.15, 0.2) is 0 Å². The van der Waals surface area contributed by atoms with Gasteiger partial charge in [0, 0.05) is 5.41 Å². The fourth-order valence-corrected chi connectivity index (χ4v) is 0.901. The number of rotatable bonds is 4. The highest BCUT2D eigenvalue weighted by Crippen LogP contribution is 2.46. The van der Waals surface area contributed by atoms with Crippen LogP contribution >= 0.6 is 0 Å². The molecule has 0 amide bonds. The van der Waals surface area contributed by atoms with Crippen LogP contribution < -0.4 is 0 Å². The van der Waals surface area contributed by atoms with Gasteiger partial charge in [0.1, 0.15) is 5.78 Å². The second kappa shape index (κ2) is 2.69.